The molecule has 0 radical (unpaired) electrons. The number of halogens is 1. The molecule has 1 heterocycles. The van der Waals surface area contributed by atoms with Crippen LogP contribution in [-0.2, 0) is 4.79 Å². The minimum atomic E-state index is 0. The molecule has 0 saturated carbocycles. The van der Waals surface area contributed by atoms with Gasteiger partial charge in [-0.15, -0.1) is 12.4 Å². The van der Waals surface area contributed by atoms with Crippen LogP contribution < -0.4 is 0 Å². The first-order valence-electron chi connectivity index (χ1n) is 5.09. The van der Waals surface area contributed by atoms with Gasteiger partial charge in [0, 0.05) is 6.54 Å². The molecule has 0 aromatic heterocycles. The molecule has 1 aliphatic rings. The number of rotatable bonds is 2. The minimum Gasteiger partial charge on any atom is -0.338 e. The van der Waals surface area contributed by atoms with Crippen LogP contribution in [0.3, 0.4) is 0 Å². The first-order valence-corrected chi connectivity index (χ1v) is 5.09. The fraction of sp³-hybridized carbons (Fsp3) is 0.417. The van der Waals surface area contributed by atoms with Gasteiger partial charge in [0.1, 0.15) is 0 Å². The second-order valence-corrected chi connectivity index (χ2v) is 3.92. The van der Waals surface area contributed by atoms with Crippen molar-refractivity contribution in [2.75, 3.05) is 6.54 Å². The second kappa shape index (κ2) is 5.17. The lowest BCUT2D eigenvalue weighted by molar-refractivity contribution is -0.118. The number of nitrogens with zero attached hydrogens (tertiary/aromatic N) is 1. The Balaban J connectivity index is 0.00000112. The highest BCUT2D eigenvalue weighted by atomic mass is 35.5. The van der Waals surface area contributed by atoms with Crippen molar-refractivity contribution >= 4 is 18.8 Å². The van der Waals surface area contributed by atoms with Gasteiger partial charge in [0.2, 0.25) is 6.41 Å². The quantitative estimate of drug-likeness (QED) is 0.709. The van der Waals surface area contributed by atoms with E-state index in [0.717, 1.165) is 25.8 Å². The van der Waals surface area contributed by atoms with Gasteiger partial charge < -0.3 is 4.90 Å². The molecule has 1 aromatic rings. The minimum absolute atomic E-state index is 0. The fourth-order valence-electron chi connectivity index (χ4n) is 2.15. The molecule has 3 heteroatoms. The lowest BCUT2D eigenvalue weighted by Crippen LogP contribution is -2.21. The Bertz CT molecular complexity index is 340. The Morgan fingerprint density at radius 3 is 2.93 bits per heavy atom. The van der Waals surface area contributed by atoms with Crippen molar-refractivity contribution in [2.24, 2.45) is 0 Å². The number of likely N-dealkylation sites (tertiary alicyclic amines) is 1. The Morgan fingerprint density at radius 2 is 2.27 bits per heavy atom. The van der Waals surface area contributed by atoms with Gasteiger partial charge in [-0.05, 0) is 25.3 Å². The third-order valence-electron chi connectivity index (χ3n) is 2.86. The van der Waals surface area contributed by atoms with Crippen molar-refractivity contribution in [1.82, 2.24) is 4.90 Å². The van der Waals surface area contributed by atoms with Crippen LogP contribution in [0.2, 0.25) is 0 Å². The lowest BCUT2D eigenvalue weighted by Gasteiger charge is -2.20. The van der Waals surface area contributed by atoms with Crippen LogP contribution in [0.15, 0.2) is 24.3 Å². The number of benzene rings is 1. The summed E-state index contributed by atoms with van der Waals surface area (Å²) < 4.78 is 0. The normalized spacial score (nSPS) is 19.8. The third kappa shape index (κ3) is 2.51. The Labute approximate surface area is 96.7 Å². The Hall–Kier alpha value is -1.02. The molecule has 0 N–H and O–H groups in total. The van der Waals surface area contributed by atoms with Gasteiger partial charge in [0.25, 0.3) is 0 Å². The standard InChI is InChI=1S/C12H15NO.ClH/c1-10-4-2-5-11(8-10)12-6-3-7-13(12)9-14;/h2,4-5,8-9,12H,3,6-7H2,1H3;1H. The van der Waals surface area contributed by atoms with Gasteiger partial charge in [-0.1, -0.05) is 29.8 Å². The predicted molar refractivity (Wildman–Crippen MR) is 63.2 cm³/mol. The topological polar surface area (TPSA) is 20.3 Å². The summed E-state index contributed by atoms with van der Waals surface area (Å²) in [6.07, 6.45) is 3.19. The molecular formula is C12H16ClNO. The zero-order valence-electron chi connectivity index (χ0n) is 8.85. The van der Waals surface area contributed by atoms with Crippen LogP contribution in [0.4, 0.5) is 0 Å². The van der Waals surface area contributed by atoms with E-state index in [0.29, 0.717) is 6.04 Å². The van der Waals surface area contributed by atoms with Crippen LogP contribution >= 0.6 is 12.4 Å². The summed E-state index contributed by atoms with van der Waals surface area (Å²) in [6.45, 7) is 2.99. The number of hydrogen-bond donors (Lipinski definition) is 0. The van der Waals surface area contributed by atoms with Crippen molar-refractivity contribution in [3.8, 4) is 0 Å². The number of carbonyl (C=O) groups excluding carboxylic acids is 1. The molecule has 0 spiro atoms. The summed E-state index contributed by atoms with van der Waals surface area (Å²) >= 11 is 0. The van der Waals surface area contributed by atoms with Gasteiger partial charge in [-0.3, -0.25) is 4.79 Å². The van der Waals surface area contributed by atoms with E-state index in [1.807, 2.05) is 4.90 Å². The monoisotopic (exact) mass is 225 g/mol. The van der Waals surface area contributed by atoms with Gasteiger partial charge in [-0.2, -0.15) is 0 Å². The molecule has 1 fully saturated rings. The maximum atomic E-state index is 10.8. The van der Waals surface area contributed by atoms with E-state index >= 15 is 0 Å². The third-order valence-corrected chi connectivity index (χ3v) is 2.86. The Kier molecular flexibility index (Phi) is 4.15. The molecule has 1 unspecified atom stereocenters. The molecule has 0 bridgehead atoms. The number of carbonyl (C=O) groups is 1. The molecule has 1 aliphatic heterocycles. The van der Waals surface area contributed by atoms with Crippen LogP contribution in [0, 0.1) is 6.92 Å². The summed E-state index contributed by atoms with van der Waals surface area (Å²) in [5, 5.41) is 0. The average Bonchev–Trinajstić information content (AvgIpc) is 2.65. The summed E-state index contributed by atoms with van der Waals surface area (Å²) in [7, 11) is 0. The van der Waals surface area contributed by atoms with Gasteiger partial charge in [0.15, 0.2) is 0 Å². The first kappa shape index (κ1) is 12.1. The molecule has 1 amide bonds. The highest BCUT2D eigenvalue weighted by Crippen LogP contribution is 2.30. The summed E-state index contributed by atoms with van der Waals surface area (Å²) in [5.41, 5.74) is 2.54. The largest absolute Gasteiger partial charge is 0.338 e. The number of aryl methyl sites for hydroxylation is 1. The zero-order valence-corrected chi connectivity index (χ0v) is 9.67. The van der Waals surface area contributed by atoms with E-state index in [1.54, 1.807) is 0 Å². The van der Waals surface area contributed by atoms with Crippen molar-refractivity contribution in [1.29, 1.82) is 0 Å². The van der Waals surface area contributed by atoms with E-state index in [2.05, 4.69) is 31.2 Å². The molecule has 1 atom stereocenters. The molecular weight excluding hydrogens is 210 g/mol. The van der Waals surface area contributed by atoms with Gasteiger partial charge >= 0.3 is 0 Å². The summed E-state index contributed by atoms with van der Waals surface area (Å²) in [5.74, 6) is 0. The molecule has 2 rings (SSSR count). The maximum Gasteiger partial charge on any atom is 0.210 e. The van der Waals surface area contributed by atoms with Crippen molar-refractivity contribution in [3.05, 3.63) is 35.4 Å². The van der Waals surface area contributed by atoms with E-state index in [-0.39, 0.29) is 12.4 Å². The van der Waals surface area contributed by atoms with Crippen LogP contribution in [0.25, 0.3) is 0 Å². The highest BCUT2D eigenvalue weighted by molar-refractivity contribution is 5.85. The van der Waals surface area contributed by atoms with E-state index < -0.39 is 0 Å². The van der Waals surface area contributed by atoms with Crippen molar-refractivity contribution in [2.45, 2.75) is 25.8 Å². The van der Waals surface area contributed by atoms with Crippen LogP contribution in [0.1, 0.15) is 30.0 Å². The molecule has 0 aliphatic carbocycles. The van der Waals surface area contributed by atoms with Gasteiger partial charge in [0.05, 0.1) is 6.04 Å². The SMILES string of the molecule is Cc1cccc(C2CCCN2C=O)c1.Cl. The summed E-state index contributed by atoms with van der Waals surface area (Å²) in [6, 6.07) is 8.74. The molecule has 2 nitrogen and oxygen atoms in total. The molecule has 1 saturated heterocycles. The van der Waals surface area contributed by atoms with E-state index in [9.17, 15) is 4.79 Å². The predicted octanol–water partition coefficient (Wildman–Crippen LogP) is 2.71. The average molecular weight is 226 g/mol. The lowest BCUT2D eigenvalue weighted by atomic mass is 10.0. The number of hydrogen-bond acceptors (Lipinski definition) is 1. The molecule has 82 valence electrons. The smallest absolute Gasteiger partial charge is 0.210 e. The highest BCUT2D eigenvalue weighted by Gasteiger charge is 2.24. The molecule has 15 heavy (non-hydrogen) atoms. The van der Waals surface area contributed by atoms with E-state index in [1.165, 1.54) is 11.1 Å². The fourth-order valence-corrected chi connectivity index (χ4v) is 2.15. The second-order valence-electron chi connectivity index (χ2n) is 3.92. The van der Waals surface area contributed by atoms with E-state index in [4.69, 9.17) is 0 Å². The Morgan fingerprint density at radius 1 is 1.47 bits per heavy atom. The molecule has 1 aromatic carbocycles. The van der Waals surface area contributed by atoms with Crippen molar-refractivity contribution < 1.29 is 4.79 Å². The van der Waals surface area contributed by atoms with Crippen molar-refractivity contribution in [3.63, 3.8) is 0 Å². The van der Waals surface area contributed by atoms with Crippen LogP contribution in [-0.4, -0.2) is 17.9 Å². The number of amides is 1. The first-order chi connectivity index (χ1) is 6.81. The van der Waals surface area contributed by atoms with Crippen LogP contribution in [0.5, 0.6) is 0 Å². The zero-order chi connectivity index (χ0) is 9.97. The summed E-state index contributed by atoms with van der Waals surface area (Å²) in [4.78, 5) is 12.7. The van der Waals surface area contributed by atoms with Gasteiger partial charge in [-0.25, -0.2) is 0 Å². The maximum absolute atomic E-state index is 10.8.